The number of aryl methyl sites for hydroxylation is 2. The molecule has 0 saturated heterocycles. The van der Waals surface area contributed by atoms with Gasteiger partial charge < -0.3 is 4.74 Å². The average molecular weight is 352 g/mol. The summed E-state index contributed by atoms with van der Waals surface area (Å²) < 4.78 is 6.19. The Hall–Kier alpha value is -2.02. The number of rotatable bonds is 5. The number of nitro benzene ring substituents is 1. The summed E-state index contributed by atoms with van der Waals surface area (Å²) in [7, 11) is 0. The molecule has 0 radical (unpaired) electrons. The fourth-order valence-electron chi connectivity index (χ4n) is 1.80. The standard InChI is InChI=1S/C14H14BrN3O3/c1-3-4-13-16-12(15)8-14(17-13)21-11-7-9(2)5-6-10(11)18(19)20/h5-8H,3-4H2,1-2H3. The minimum absolute atomic E-state index is 0.0904. The highest BCUT2D eigenvalue weighted by molar-refractivity contribution is 9.10. The first-order valence-electron chi connectivity index (χ1n) is 6.46. The predicted octanol–water partition coefficient (Wildman–Crippen LogP) is 4.20. The lowest BCUT2D eigenvalue weighted by Crippen LogP contribution is -1.99. The molecule has 0 fully saturated rings. The maximum atomic E-state index is 11.0. The van der Waals surface area contributed by atoms with Gasteiger partial charge in [0.2, 0.25) is 11.6 Å². The van der Waals surface area contributed by atoms with Crippen LogP contribution >= 0.6 is 15.9 Å². The van der Waals surface area contributed by atoms with E-state index in [0.717, 1.165) is 12.0 Å². The summed E-state index contributed by atoms with van der Waals surface area (Å²) in [5, 5.41) is 11.0. The van der Waals surface area contributed by atoms with Gasteiger partial charge in [0.05, 0.1) is 4.92 Å². The van der Waals surface area contributed by atoms with Crippen LogP contribution in [0.15, 0.2) is 28.9 Å². The molecule has 0 N–H and O–H groups in total. The fraction of sp³-hybridized carbons (Fsp3) is 0.286. The van der Waals surface area contributed by atoms with Crippen LogP contribution in [0.1, 0.15) is 24.7 Å². The van der Waals surface area contributed by atoms with E-state index in [4.69, 9.17) is 4.74 Å². The smallest absolute Gasteiger partial charge is 0.311 e. The van der Waals surface area contributed by atoms with Crippen LogP contribution in [0.2, 0.25) is 0 Å². The topological polar surface area (TPSA) is 78.2 Å². The zero-order chi connectivity index (χ0) is 15.4. The molecule has 1 aromatic carbocycles. The van der Waals surface area contributed by atoms with Crippen molar-refractivity contribution >= 4 is 21.6 Å². The third-order valence-electron chi connectivity index (χ3n) is 2.72. The molecule has 2 rings (SSSR count). The molecular weight excluding hydrogens is 338 g/mol. The Morgan fingerprint density at radius 2 is 2.10 bits per heavy atom. The molecule has 21 heavy (non-hydrogen) atoms. The maximum absolute atomic E-state index is 11.0. The monoisotopic (exact) mass is 351 g/mol. The molecule has 6 nitrogen and oxygen atoms in total. The Bertz CT molecular complexity index is 677. The van der Waals surface area contributed by atoms with Crippen molar-refractivity contribution in [3.63, 3.8) is 0 Å². The maximum Gasteiger partial charge on any atom is 0.311 e. The summed E-state index contributed by atoms with van der Waals surface area (Å²) in [5.41, 5.74) is 0.782. The molecule has 0 unspecified atom stereocenters. The molecule has 2 aromatic rings. The van der Waals surface area contributed by atoms with Gasteiger partial charge in [0.1, 0.15) is 10.4 Å². The highest BCUT2D eigenvalue weighted by atomic mass is 79.9. The van der Waals surface area contributed by atoms with E-state index in [1.807, 2.05) is 13.8 Å². The molecule has 0 saturated carbocycles. The second kappa shape index (κ2) is 6.62. The molecule has 1 aromatic heterocycles. The molecule has 0 bridgehead atoms. The Kier molecular flexibility index (Phi) is 4.85. The SMILES string of the molecule is CCCc1nc(Br)cc(Oc2cc(C)ccc2[N+](=O)[O-])n1. The predicted molar refractivity (Wildman–Crippen MR) is 81.6 cm³/mol. The van der Waals surface area contributed by atoms with Crippen LogP contribution in [0.4, 0.5) is 5.69 Å². The number of nitro groups is 1. The van der Waals surface area contributed by atoms with Gasteiger partial charge in [-0.3, -0.25) is 10.1 Å². The van der Waals surface area contributed by atoms with Crippen molar-refractivity contribution in [1.82, 2.24) is 9.97 Å². The number of nitrogens with zero attached hydrogens (tertiary/aromatic N) is 3. The van der Waals surface area contributed by atoms with Gasteiger partial charge in [-0.15, -0.1) is 0 Å². The summed E-state index contributed by atoms with van der Waals surface area (Å²) in [6.07, 6.45) is 1.62. The van der Waals surface area contributed by atoms with Gasteiger partial charge >= 0.3 is 5.69 Å². The second-order valence-corrected chi connectivity index (χ2v) is 5.34. The molecule has 0 aliphatic rings. The molecule has 0 aliphatic carbocycles. The minimum Gasteiger partial charge on any atom is -0.432 e. The third-order valence-corrected chi connectivity index (χ3v) is 3.12. The van der Waals surface area contributed by atoms with Crippen molar-refractivity contribution in [1.29, 1.82) is 0 Å². The first kappa shape index (κ1) is 15.4. The van der Waals surface area contributed by atoms with Gasteiger partial charge in [0, 0.05) is 18.6 Å². The molecule has 0 spiro atoms. The number of halogens is 1. The van der Waals surface area contributed by atoms with Crippen molar-refractivity contribution in [3.8, 4) is 11.6 Å². The quantitative estimate of drug-likeness (QED) is 0.458. The Morgan fingerprint density at radius 3 is 2.76 bits per heavy atom. The van der Waals surface area contributed by atoms with Crippen LogP contribution in [0.5, 0.6) is 11.6 Å². The first-order valence-corrected chi connectivity index (χ1v) is 7.25. The number of aromatic nitrogens is 2. The van der Waals surface area contributed by atoms with Gasteiger partial charge in [-0.25, -0.2) is 4.98 Å². The number of ether oxygens (including phenoxy) is 1. The molecule has 7 heteroatoms. The number of hydrogen-bond donors (Lipinski definition) is 0. The average Bonchev–Trinajstić information content (AvgIpc) is 2.38. The van der Waals surface area contributed by atoms with Crippen LogP contribution in [0.3, 0.4) is 0 Å². The summed E-state index contributed by atoms with van der Waals surface area (Å²) in [4.78, 5) is 19.1. The van der Waals surface area contributed by atoms with Crippen molar-refractivity contribution in [2.24, 2.45) is 0 Å². The van der Waals surface area contributed by atoms with Crippen molar-refractivity contribution in [2.45, 2.75) is 26.7 Å². The fourth-order valence-corrected chi connectivity index (χ4v) is 2.20. The Morgan fingerprint density at radius 1 is 1.33 bits per heavy atom. The summed E-state index contributed by atoms with van der Waals surface area (Å²) in [6.45, 7) is 3.87. The van der Waals surface area contributed by atoms with Gasteiger partial charge in [-0.1, -0.05) is 13.0 Å². The summed E-state index contributed by atoms with van der Waals surface area (Å²) in [5.74, 6) is 1.10. The van der Waals surface area contributed by atoms with Crippen LogP contribution in [-0.4, -0.2) is 14.9 Å². The number of benzene rings is 1. The molecule has 0 aliphatic heterocycles. The third kappa shape index (κ3) is 3.98. The van der Waals surface area contributed by atoms with E-state index in [2.05, 4.69) is 25.9 Å². The molecule has 1 heterocycles. The van der Waals surface area contributed by atoms with E-state index in [1.165, 1.54) is 6.07 Å². The molecule has 0 atom stereocenters. The zero-order valence-electron chi connectivity index (χ0n) is 11.7. The highest BCUT2D eigenvalue weighted by Crippen LogP contribution is 2.32. The van der Waals surface area contributed by atoms with E-state index in [9.17, 15) is 10.1 Å². The Labute approximate surface area is 130 Å². The van der Waals surface area contributed by atoms with E-state index < -0.39 is 4.92 Å². The Balaban J connectivity index is 2.37. The van der Waals surface area contributed by atoms with Gasteiger partial charge in [0.25, 0.3) is 0 Å². The molecular formula is C14H14BrN3O3. The van der Waals surface area contributed by atoms with E-state index in [-0.39, 0.29) is 17.3 Å². The summed E-state index contributed by atoms with van der Waals surface area (Å²) >= 11 is 3.29. The highest BCUT2D eigenvalue weighted by Gasteiger charge is 2.17. The lowest BCUT2D eigenvalue weighted by molar-refractivity contribution is -0.385. The van der Waals surface area contributed by atoms with E-state index >= 15 is 0 Å². The normalized spacial score (nSPS) is 10.4. The van der Waals surface area contributed by atoms with Gasteiger partial charge in [-0.05, 0) is 40.9 Å². The zero-order valence-corrected chi connectivity index (χ0v) is 13.3. The van der Waals surface area contributed by atoms with Crippen molar-refractivity contribution in [3.05, 3.63) is 50.4 Å². The lowest BCUT2D eigenvalue weighted by Gasteiger charge is -2.08. The second-order valence-electron chi connectivity index (χ2n) is 4.53. The summed E-state index contributed by atoms with van der Waals surface area (Å²) in [6, 6.07) is 6.30. The molecule has 0 amide bonds. The largest absolute Gasteiger partial charge is 0.432 e. The first-order chi connectivity index (χ1) is 9.99. The van der Waals surface area contributed by atoms with Gasteiger partial charge in [0.15, 0.2) is 0 Å². The van der Waals surface area contributed by atoms with E-state index in [1.54, 1.807) is 18.2 Å². The van der Waals surface area contributed by atoms with Gasteiger partial charge in [-0.2, -0.15) is 4.98 Å². The minimum atomic E-state index is -0.474. The lowest BCUT2D eigenvalue weighted by atomic mass is 10.2. The van der Waals surface area contributed by atoms with Crippen LogP contribution in [0.25, 0.3) is 0 Å². The molecule has 110 valence electrons. The van der Waals surface area contributed by atoms with E-state index in [0.29, 0.717) is 16.8 Å². The van der Waals surface area contributed by atoms with Crippen LogP contribution in [-0.2, 0) is 6.42 Å². The van der Waals surface area contributed by atoms with Crippen molar-refractivity contribution < 1.29 is 9.66 Å². The van der Waals surface area contributed by atoms with Crippen LogP contribution < -0.4 is 4.74 Å². The number of hydrogen-bond acceptors (Lipinski definition) is 5. The van der Waals surface area contributed by atoms with Crippen molar-refractivity contribution in [2.75, 3.05) is 0 Å². The van der Waals surface area contributed by atoms with Crippen LogP contribution in [0, 0.1) is 17.0 Å².